The number of nitrogens with one attached hydrogen (secondary N) is 1. The first-order valence-electron chi connectivity index (χ1n) is 8.58. The van der Waals surface area contributed by atoms with Crippen LogP contribution in [0.4, 0.5) is 5.82 Å². The molecule has 0 fully saturated rings. The van der Waals surface area contributed by atoms with Gasteiger partial charge in [-0.2, -0.15) is 0 Å². The molecule has 1 atom stereocenters. The molecule has 1 aromatic carbocycles. The highest BCUT2D eigenvalue weighted by molar-refractivity contribution is 8.03. The maximum atomic E-state index is 12.9. The number of carbonyl (C=O) groups is 1. The second-order valence-electron chi connectivity index (χ2n) is 5.76. The fourth-order valence-electron chi connectivity index (χ4n) is 2.23. The molecular weight excluding hydrogens is 400 g/mol. The van der Waals surface area contributed by atoms with Crippen LogP contribution in [-0.2, 0) is 4.79 Å². The van der Waals surface area contributed by atoms with Gasteiger partial charge in [-0.3, -0.25) is 4.79 Å². The van der Waals surface area contributed by atoms with Crippen molar-refractivity contribution in [2.45, 2.75) is 40.6 Å². The molecule has 2 heterocycles. The standard InChI is InChI=1S/C18H20N4O2S3/c1-3-4-10-25-17-20-21-18(27-17)26-15(13-8-6-5-7-9-13)16(23)19-14-11-12(2)24-22-14/h5-9,11,15H,3-4,10H2,1-2H3,(H,19,22,23). The predicted molar refractivity (Wildman–Crippen MR) is 110 cm³/mol. The highest BCUT2D eigenvalue weighted by Crippen LogP contribution is 2.39. The van der Waals surface area contributed by atoms with E-state index >= 15 is 0 Å². The number of benzene rings is 1. The fraction of sp³-hybridized carbons (Fsp3) is 0.333. The first kappa shape index (κ1) is 19.9. The Balaban J connectivity index is 1.73. The van der Waals surface area contributed by atoms with Gasteiger partial charge in [-0.25, -0.2) is 0 Å². The Labute approximate surface area is 170 Å². The Bertz CT molecular complexity index is 866. The van der Waals surface area contributed by atoms with Crippen LogP contribution in [-0.4, -0.2) is 27.0 Å². The van der Waals surface area contributed by atoms with E-state index in [0.717, 1.165) is 32.8 Å². The Morgan fingerprint density at radius 3 is 2.74 bits per heavy atom. The summed E-state index contributed by atoms with van der Waals surface area (Å²) in [7, 11) is 0. The van der Waals surface area contributed by atoms with E-state index < -0.39 is 5.25 Å². The van der Waals surface area contributed by atoms with Gasteiger partial charge >= 0.3 is 0 Å². The molecule has 27 heavy (non-hydrogen) atoms. The first-order chi connectivity index (χ1) is 13.2. The van der Waals surface area contributed by atoms with Gasteiger partial charge in [0.1, 0.15) is 11.0 Å². The van der Waals surface area contributed by atoms with E-state index in [1.165, 1.54) is 23.1 Å². The van der Waals surface area contributed by atoms with E-state index in [0.29, 0.717) is 11.6 Å². The van der Waals surface area contributed by atoms with Crippen molar-refractivity contribution >= 4 is 46.6 Å². The molecule has 1 N–H and O–H groups in total. The normalized spacial score (nSPS) is 12.1. The van der Waals surface area contributed by atoms with E-state index in [1.54, 1.807) is 24.8 Å². The summed E-state index contributed by atoms with van der Waals surface area (Å²) < 4.78 is 6.73. The van der Waals surface area contributed by atoms with Gasteiger partial charge in [0.05, 0.1) is 0 Å². The second kappa shape index (κ2) is 9.91. The highest BCUT2D eigenvalue weighted by atomic mass is 32.2. The van der Waals surface area contributed by atoms with Crippen LogP contribution < -0.4 is 5.32 Å². The van der Waals surface area contributed by atoms with Crippen molar-refractivity contribution in [2.24, 2.45) is 0 Å². The number of anilines is 1. The van der Waals surface area contributed by atoms with Crippen molar-refractivity contribution in [3.63, 3.8) is 0 Å². The molecule has 2 aromatic heterocycles. The number of thioether (sulfide) groups is 2. The number of amides is 1. The fourth-order valence-corrected chi connectivity index (χ4v) is 5.59. The summed E-state index contributed by atoms with van der Waals surface area (Å²) in [5.41, 5.74) is 0.899. The lowest BCUT2D eigenvalue weighted by molar-refractivity contribution is -0.115. The van der Waals surface area contributed by atoms with Crippen molar-refractivity contribution in [2.75, 3.05) is 11.1 Å². The summed E-state index contributed by atoms with van der Waals surface area (Å²) in [4.78, 5) is 12.9. The van der Waals surface area contributed by atoms with Crippen LogP contribution in [0.2, 0.25) is 0 Å². The molecule has 3 rings (SSSR count). The molecule has 9 heteroatoms. The lowest BCUT2D eigenvalue weighted by Gasteiger charge is -2.14. The van der Waals surface area contributed by atoms with Crippen LogP contribution in [0.15, 0.2) is 49.6 Å². The zero-order chi connectivity index (χ0) is 19.1. The van der Waals surface area contributed by atoms with Crippen molar-refractivity contribution in [1.29, 1.82) is 0 Å². The van der Waals surface area contributed by atoms with Crippen LogP contribution >= 0.6 is 34.9 Å². The number of nitrogens with zero attached hydrogens (tertiary/aromatic N) is 3. The molecule has 6 nitrogen and oxygen atoms in total. The van der Waals surface area contributed by atoms with Gasteiger partial charge in [0.15, 0.2) is 14.5 Å². The molecule has 0 aliphatic heterocycles. The quantitative estimate of drug-likeness (QED) is 0.376. The summed E-state index contributed by atoms with van der Waals surface area (Å²) in [5, 5.41) is 14.7. The number of unbranched alkanes of at least 4 members (excludes halogenated alkanes) is 1. The van der Waals surface area contributed by atoms with Gasteiger partial charge < -0.3 is 9.84 Å². The average molecular weight is 421 g/mol. The van der Waals surface area contributed by atoms with Crippen LogP contribution in [0.3, 0.4) is 0 Å². The Morgan fingerprint density at radius 1 is 1.26 bits per heavy atom. The third-order valence-electron chi connectivity index (χ3n) is 3.55. The molecule has 0 aliphatic rings. The number of carbonyl (C=O) groups excluding carboxylic acids is 1. The molecule has 0 spiro atoms. The summed E-state index contributed by atoms with van der Waals surface area (Å²) >= 11 is 4.63. The molecular formula is C18H20N4O2S3. The minimum absolute atomic E-state index is 0.171. The van der Waals surface area contributed by atoms with Crippen LogP contribution in [0.1, 0.15) is 36.3 Å². The third-order valence-corrected chi connectivity index (χ3v) is 7.03. The molecule has 1 unspecified atom stereocenters. The molecule has 0 saturated heterocycles. The minimum Gasteiger partial charge on any atom is -0.360 e. The van der Waals surface area contributed by atoms with Gasteiger partial charge in [0.2, 0.25) is 5.91 Å². The molecule has 0 saturated carbocycles. The summed E-state index contributed by atoms with van der Waals surface area (Å²) in [6.45, 7) is 3.95. The second-order valence-corrected chi connectivity index (χ2v) is 9.43. The first-order valence-corrected chi connectivity index (χ1v) is 11.3. The van der Waals surface area contributed by atoms with Gasteiger partial charge in [-0.1, -0.05) is 83.7 Å². The molecule has 3 aromatic rings. The lowest BCUT2D eigenvalue weighted by Crippen LogP contribution is -2.19. The predicted octanol–water partition coefficient (Wildman–Crippen LogP) is 5.20. The number of aryl methyl sites for hydroxylation is 1. The monoisotopic (exact) mass is 420 g/mol. The third kappa shape index (κ3) is 5.82. The van der Waals surface area contributed by atoms with Crippen LogP contribution in [0.5, 0.6) is 0 Å². The smallest absolute Gasteiger partial charge is 0.243 e. The Kier molecular flexibility index (Phi) is 7.31. The number of hydrogen-bond donors (Lipinski definition) is 1. The maximum absolute atomic E-state index is 12.9. The topological polar surface area (TPSA) is 80.9 Å². The summed E-state index contributed by atoms with van der Waals surface area (Å²) in [5.74, 6) is 1.92. The summed E-state index contributed by atoms with van der Waals surface area (Å²) in [6.07, 6.45) is 2.31. The molecule has 0 aliphatic carbocycles. The van der Waals surface area contributed by atoms with E-state index in [9.17, 15) is 4.79 Å². The largest absolute Gasteiger partial charge is 0.360 e. The SMILES string of the molecule is CCCCSc1nnc(SC(C(=O)Nc2cc(C)on2)c2ccccc2)s1. The number of hydrogen-bond acceptors (Lipinski definition) is 8. The zero-order valence-corrected chi connectivity index (χ0v) is 17.5. The van der Waals surface area contributed by atoms with Gasteiger partial charge in [-0.15, -0.1) is 10.2 Å². The maximum Gasteiger partial charge on any atom is 0.243 e. The lowest BCUT2D eigenvalue weighted by atomic mass is 10.1. The number of aromatic nitrogens is 3. The van der Waals surface area contributed by atoms with Crippen molar-refractivity contribution in [3.8, 4) is 0 Å². The van der Waals surface area contributed by atoms with Crippen LogP contribution in [0.25, 0.3) is 0 Å². The number of rotatable bonds is 9. The van der Waals surface area contributed by atoms with E-state index in [-0.39, 0.29) is 5.91 Å². The van der Waals surface area contributed by atoms with Gasteiger partial charge in [-0.05, 0) is 18.9 Å². The molecule has 1 amide bonds. The van der Waals surface area contributed by atoms with E-state index in [4.69, 9.17) is 4.52 Å². The minimum atomic E-state index is -0.454. The van der Waals surface area contributed by atoms with Gasteiger partial charge in [0.25, 0.3) is 0 Å². The van der Waals surface area contributed by atoms with Crippen molar-refractivity contribution < 1.29 is 9.32 Å². The molecule has 0 bridgehead atoms. The van der Waals surface area contributed by atoms with E-state index in [1.807, 2.05) is 30.3 Å². The Hall–Kier alpha value is -1.84. The van der Waals surface area contributed by atoms with Crippen molar-refractivity contribution in [3.05, 3.63) is 47.7 Å². The molecule has 142 valence electrons. The summed E-state index contributed by atoms with van der Waals surface area (Å²) in [6, 6.07) is 11.3. The molecule has 0 radical (unpaired) electrons. The zero-order valence-electron chi connectivity index (χ0n) is 15.0. The van der Waals surface area contributed by atoms with Crippen LogP contribution in [0, 0.1) is 6.92 Å². The highest BCUT2D eigenvalue weighted by Gasteiger charge is 2.25. The van der Waals surface area contributed by atoms with Crippen molar-refractivity contribution in [1.82, 2.24) is 15.4 Å². The average Bonchev–Trinajstić information content (AvgIpc) is 3.29. The van der Waals surface area contributed by atoms with Gasteiger partial charge in [0, 0.05) is 11.8 Å². The van der Waals surface area contributed by atoms with E-state index in [2.05, 4.69) is 27.6 Å². The Morgan fingerprint density at radius 2 is 2.04 bits per heavy atom.